The third kappa shape index (κ3) is 5.50. The molecule has 1 rings (SSSR count). The largest absolute Gasteiger partial charge is 0.388 e. The smallest absolute Gasteiger partial charge is 0.101 e. The minimum Gasteiger partial charge on any atom is -0.388 e. The Morgan fingerprint density at radius 2 is 2.16 bits per heavy atom. The van der Waals surface area contributed by atoms with E-state index in [1.807, 2.05) is 13.0 Å². The lowest BCUT2D eigenvalue weighted by Gasteiger charge is -2.25. The first-order chi connectivity index (χ1) is 8.84. The maximum Gasteiger partial charge on any atom is 0.101 e. The summed E-state index contributed by atoms with van der Waals surface area (Å²) in [6.07, 6.45) is 1.74. The molecule has 0 radical (unpaired) electrons. The van der Waals surface area contributed by atoms with Gasteiger partial charge in [0.2, 0.25) is 0 Å². The normalized spacial score (nSPS) is 13.9. The number of anilines is 1. The minimum absolute atomic E-state index is 0.425. The molecule has 4 heteroatoms. The van der Waals surface area contributed by atoms with Crippen LogP contribution in [0.15, 0.2) is 18.2 Å². The highest BCUT2D eigenvalue weighted by molar-refractivity contribution is 6.32. The molecule has 0 aliphatic heterocycles. The molecular weight excluding hydrogens is 260 g/mol. The molecule has 0 amide bonds. The third-order valence-electron chi connectivity index (χ3n) is 3.02. The van der Waals surface area contributed by atoms with Gasteiger partial charge in [0.1, 0.15) is 6.07 Å². The van der Waals surface area contributed by atoms with E-state index in [9.17, 15) is 5.11 Å². The van der Waals surface area contributed by atoms with E-state index in [1.165, 1.54) is 0 Å². The van der Waals surface area contributed by atoms with Gasteiger partial charge in [-0.25, -0.2) is 0 Å². The van der Waals surface area contributed by atoms with E-state index in [2.05, 4.69) is 19.2 Å². The fourth-order valence-electron chi connectivity index (χ4n) is 1.70. The molecule has 0 aliphatic rings. The molecule has 0 heterocycles. The van der Waals surface area contributed by atoms with Gasteiger partial charge in [-0.15, -0.1) is 0 Å². The molecule has 0 aliphatic carbocycles. The summed E-state index contributed by atoms with van der Waals surface area (Å²) in [5.74, 6) is 0.579. The summed E-state index contributed by atoms with van der Waals surface area (Å²) < 4.78 is 0. The van der Waals surface area contributed by atoms with Gasteiger partial charge >= 0.3 is 0 Å². The molecule has 1 atom stereocenters. The van der Waals surface area contributed by atoms with Gasteiger partial charge in [0.15, 0.2) is 0 Å². The fourth-order valence-corrected chi connectivity index (χ4v) is 1.92. The monoisotopic (exact) mass is 280 g/mol. The third-order valence-corrected chi connectivity index (χ3v) is 3.34. The summed E-state index contributed by atoms with van der Waals surface area (Å²) in [6.45, 7) is 6.57. The van der Waals surface area contributed by atoms with Crippen molar-refractivity contribution in [2.24, 2.45) is 5.92 Å². The van der Waals surface area contributed by atoms with Crippen molar-refractivity contribution in [3.8, 4) is 6.07 Å². The van der Waals surface area contributed by atoms with Crippen LogP contribution in [0.3, 0.4) is 0 Å². The molecule has 1 unspecified atom stereocenters. The van der Waals surface area contributed by atoms with Crippen molar-refractivity contribution in [3.05, 3.63) is 28.8 Å². The first-order valence-corrected chi connectivity index (χ1v) is 6.88. The lowest BCUT2D eigenvalue weighted by molar-refractivity contribution is 0.0586. The van der Waals surface area contributed by atoms with Gasteiger partial charge in [-0.2, -0.15) is 5.26 Å². The lowest BCUT2D eigenvalue weighted by atomic mass is 9.95. The zero-order valence-electron chi connectivity index (χ0n) is 11.7. The van der Waals surface area contributed by atoms with Crippen LogP contribution in [-0.4, -0.2) is 17.3 Å². The Morgan fingerprint density at radius 1 is 1.47 bits per heavy atom. The molecule has 0 saturated carbocycles. The van der Waals surface area contributed by atoms with Crippen molar-refractivity contribution in [2.45, 2.75) is 39.2 Å². The Kier molecular flexibility index (Phi) is 5.65. The minimum atomic E-state index is -0.745. The number of benzene rings is 1. The zero-order chi connectivity index (χ0) is 14.5. The summed E-state index contributed by atoms with van der Waals surface area (Å²) in [5.41, 5.74) is 0.526. The molecule has 2 N–H and O–H groups in total. The summed E-state index contributed by atoms with van der Waals surface area (Å²) in [7, 11) is 0. The maximum absolute atomic E-state index is 10.2. The molecule has 3 nitrogen and oxygen atoms in total. The number of aliphatic hydroxyl groups is 1. The highest BCUT2D eigenvalue weighted by atomic mass is 35.5. The number of hydrogen-bond donors (Lipinski definition) is 2. The zero-order valence-corrected chi connectivity index (χ0v) is 12.5. The van der Waals surface area contributed by atoms with Crippen LogP contribution < -0.4 is 5.32 Å². The number of rotatable bonds is 6. The van der Waals surface area contributed by atoms with Crippen molar-refractivity contribution < 1.29 is 5.11 Å². The molecule has 0 fully saturated rings. The van der Waals surface area contributed by atoms with Crippen molar-refractivity contribution in [2.75, 3.05) is 11.9 Å². The molecule has 0 saturated heterocycles. The van der Waals surface area contributed by atoms with Crippen LogP contribution in [-0.2, 0) is 0 Å². The Labute approximate surface area is 120 Å². The van der Waals surface area contributed by atoms with Gasteiger partial charge in [-0.1, -0.05) is 25.4 Å². The second kappa shape index (κ2) is 6.79. The predicted octanol–water partition coefficient (Wildman–Crippen LogP) is 3.81. The summed E-state index contributed by atoms with van der Waals surface area (Å²) in [5, 5.41) is 22.6. The van der Waals surface area contributed by atoms with E-state index in [0.717, 1.165) is 18.5 Å². The van der Waals surface area contributed by atoms with Crippen LogP contribution >= 0.6 is 11.6 Å². The van der Waals surface area contributed by atoms with Crippen LogP contribution in [0.1, 0.15) is 39.2 Å². The van der Waals surface area contributed by atoms with Crippen LogP contribution in [0, 0.1) is 17.2 Å². The van der Waals surface area contributed by atoms with E-state index < -0.39 is 5.60 Å². The fraction of sp³-hybridized carbons (Fsp3) is 0.533. The topological polar surface area (TPSA) is 56.0 Å². The quantitative estimate of drug-likeness (QED) is 0.833. The van der Waals surface area contributed by atoms with Crippen molar-refractivity contribution in [3.63, 3.8) is 0 Å². The van der Waals surface area contributed by atoms with E-state index >= 15 is 0 Å². The summed E-state index contributed by atoms with van der Waals surface area (Å²) in [4.78, 5) is 0. The van der Waals surface area contributed by atoms with Crippen LogP contribution in [0.5, 0.6) is 0 Å². The first kappa shape index (κ1) is 15.8. The second-order valence-electron chi connectivity index (χ2n) is 5.59. The predicted molar refractivity (Wildman–Crippen MR) is 79.4 cm³/mol. The van der Waals surface area contributed by atoms with Crippen LogP contribution in [0.2, 0.25) is 5.02 Å². The van der Waals surface area contributed by atoms with Gasteiger partial charge in [0.25, 0.3) is 0 Å². The first-order valence-electron chi connectivity index (χ1n) is 6.50. The number of nitrogens with one attached hydrogen (secondary N) is 1. The molecule has 1 aromatic carbocycles. The Morgan fingerprint density at radius 3 is 2.68 bits per heavy atom. The average Bonchev–Trinajstić information content (AvgIpc) is 2.34. The highest BCUT2D eigenvalue weighted by Gasteiger charge is 2.20. The number of hydrogen-bond acceptors (Lipinski definition) is 3. The van der Waals surface area contributed by atoms with Crippen molar-refractivity contribution >= 4 is 17.3 Å². The SMILES string of the molecule is CC(C)CCC(C)(O)CNc1ccc(C#N)c(Cl)c1. The second-order valence-corrected chi connectivity index (χ2v) is 6.00. The molecule has 0 bridgehead atoms. The van der Waals surface area contributed by atoms with E-state index in [0.29, 0.717) is 23.0 Å². The molecular formula is C15H21ClN2O. The van der Waals surface area contributed by atoms with Crippen molar-refractivity contribution in [1.82, 2.24) is 0 Å². The lowest BCUT2D eigenvalue weighted by Crippen LogP contribution is -2.33. The van der Waals surface area contributed by atoms with E-state index in [4.69, 9.17) is 16.9 Å². The summed E-state index contributed by atoms with van der Waals surface area (Å²) >= 11 is 5.96. The Hall–Kier alpha value is -1.24. The van der Waals surface area contributed by atoms with Gasteiger partial charge in [-0.05, 0) is 43.9 Å². The maximum atomic E-state index is 10.2. The van der Waals surface area contributed by atoms with Crippen molar-refractivity contribution in [1.29, 1.82) is 5.26 Å². The number of halogens is 1. The number of nitrogens with zero attached hydrogens (tertiary/aromatic N) is 1. The summed E-state index contributed by atoms with van der Waals surface area (Å²) in [6, 6.07) is 7.19. The molecule has 19 heavy (non-hydrogen) atoms. The Balaban J connectivity index is 2.56. The molecule has 1 aromatic rings. The van der Waals surface area contributed by atoms with E-state index in [-0.39, 0.29) is 0 Å². The molecule has 0 aromatic heterocycles. The van der Waals surface area contributed by atoms with E-state index in [1.54, 1.807) is 18.2 Å². The molecule has 104 valence electrons. The van der Waals surface area contributed by atoms with Gasteiger partial charge in [0, 0.05) is 12.2 Å². The van der Waals surface area contributed by atoms with Gasteiger partial charge in [0.05, 0.1) is 16.2 Å². The highest BCUT2D eigenvalue weighted by Crippen LogP contribution is 2.22. The molecule has 0 spiro atoms. The van der Waals surface area contributed by atoms with Gasteiger partial charge < -0.3 is 10.4 Å². The van der Waals surface area contributed by atoms with Crippen LogP contribution in [0.25, 0.3) is 0 Å². The Bertz CT molecular complexity index is 464. The van der Waals surface area contributed by atoms with Crippen LogP contribution in [0.4, 0.5) is 5.69 Å². The van der Waals surface area contributed by atoms with Gasteiger partial charge in [-0.3, -0.25) is 0 Å². The standard InChI is InChI=1S/C15H21ClN2O/c1-11(2)6-7-15(3,19)10-18-13-5-4-12(9-17)14(16)8-13/h4-5,8,11,18-19H,6-7,10H2,1-3H3. The average molecular weight is 281 g/mol. The number of nitriles is 1.